The van der Waals surface area contributed by atoms with Crippen LogP contribution in [0.2, 0.25) is 0 Å². The molecule has 96 valence electrons. The van der Waals surface area contributed by atoms with Gasteiger partial charge in [-0.05, 0) is 41.6 Å². The topological polar surface area (TPSA) is 33.4 Å². The average molecular weight is 309 g/mol. The minimum Gasteiger partial charge on any atom is -0.351 e. The van der Waals surface area contributed by atoms with Gasteiger partial charge in [0.25, 0.3) is 0 Å². The van der Waals surface area contributed by atoms with Gasteiger partial charge in [-0.25, -0.2) is 9.97 Å². The normalized spacial score (nSPS) is 20.6. The number of aromatic nitrogens is 3. The fourth-order valence-corrected chi connectivity index (χ4v) is 3.17. The monoisotopic (exact) mass is 308 g/mol. The fourth-order valence-electron chi connectivity index (χ4n) is 2.78. The Balaban J connectivity index is 2.08. The van der Waals surface area contributed by atoms with Gasteiger partial charge in [-0.15, -0.1) is 0 Å². The van der Waals surface area contributed by atoms with Crippen LogP contribution in [0.25, 0.3) is 5.65 Å². The van der Waals surface area contributed by atoms with Gasteiger partial charge < -0.3 is 9.30 Å². The molecule has 2 aromatic heterocycles. The first-order valence-corrected chi connectivity index (χ1v) is 7.34. The minimum atomic E-state index is 0.598. The second-order valence-corrected chi connectivity index (χ2v) is 5.61. The molecule has 0 N–H and O–H groups in total. The maximum absolute atomic E-state index is 4.65. The van der Waals surface area contributed by atoms with Gasteiger partial charge in [0.15, 0.2) is 11.5 Å². The van der Waals surface area contributed by atoms with Crippen molar-refractivity contribution < 1.29 is 0 Å². The Kier molecular flexibility index (Phi) is 3.24. The molecule has 18 heavy (non-hydrogen) atoms. The minimum absolute atomic E-state index is 0.598. The molecule has 0 amide bonds. The highest BCUT2D eigenvalue weighted by molar-refractivity contribution is 9.10. The number of hydrogen-bond acceptors (Lipinski definition) is 3. The molecule has 5 heteroatoms. The Morgan fingerprint density at radius 2 is 2.33 bits per heavy atom. The summed E-state index contributed by atoms with van der Waals surface area (Å²) in [6.45, 7) is 3.34. The van der Waals surface area contributed by atoms with Gasteiger partial charge in [-0.2, -0.15) is 0 Å². The second kappa shape index (κ2) is 4.88. The van der Waals surface area contributed by atoms with Crippen molar-refractivity contribution in [2.75, 3.05) is 11.4 Å². The quantitative estimate of drug-likeness (QED) is 0.854. The van der Waals surface area contributed by atoms with Crippen LogP contribution in [0.15, 0.2) is 23.2 Å². The van der Waals surface area contributed by atoms with Gasteiger partial charge in [0.05, 0.1) is 0 Å². The molecule has 1 aliphatic heterocycles. The van der Waals surface area contributed by atoms with E-state index in [1.165, 1.54) is 25.7 Å². The van der Waals surface area contributed by atoms with Crippen LogP contribution in [0.3, 0.4) is 0 Å². The van der Waals surface area contributed by atoms with Crippen molar-refractivity contribution in [2.45, 2.75) is 38.6 Å². The number of nitrogens with zero attached hydrogens (tertiary/aromatic N) is 4. The third-order valence-corrected chi connectivity index (χ3v) is 4.08. The maximum Gasteiger partial charge on any atom is 0.180 e. The smallest absolute Gasteiger partial charge is 0.180 e. The van der Waals surface area contributed by atoms with Crippen molar-refractivity contribution in [3.05, 3.63) is 23.2 Å². The molecule has 0 aromatic carbocycles. The van der Waals surface area contributed by atoms with E-state index in [0.717, 1.165) is 22.6 Å². The molecule has 0 radical (unpaired) electrons. The van der Waals surface area contributed by atoms with Crippen LogP contribution in [0, 0.1) is 0 Å². The maximum atomic E-state index is 4.65. The van der Waals surface area contributed by atoms with E-state index in [-0.39, 0.29) is 0 Å². The molecule has 3 rings (SSSR count). The number of hydrogen-bond donors (Lipinski definition) is 0. The lowest BCUT2D eigenvalue weighted by Crippen LogP contribution is -2.40. The third-order valence-electron chi connectivity index (χ3n) is 3.70. The molecule has 0 aliphatic carbocycles. The van der Waals surface area contributed by atoms with E-state index >= 15 is 0 Å². The molecule has 4 nitrogen and oxygen atoms in total. The molecule has 3 heterocycles. The first kappa shape index (κ1) is 12.0. The summed E-state index contributed by atoms with van der Waals surface area (Å²) >= 11 is 3.49. The molecular weight excluding hydrogens is 292 g/mol. The largest absolute Gasteiger partial charge is 0.351 e. The number of rotatable bonds is 2. The zero-order chi connectivity index (χ0) is 12.5. The van der Waals surface area contributed by atoms with Crippen molar-refractivity contribution in [1.29, 1.82) is 0 Å². The number of anilines is 1. The van der Waals surface area contributed by atoms with Crippen LogP contribution < -0.4 is 4.90 Å². The van der Waals surface area contributed by atoms with Crippen LogP contribution in [0.1, 0.15) is 32.6 Å². The Morgan fingerprint density at radius 3 is 3.17 bits per heavy atom. The van der Waals surface area contributed by atoms with E-state index in [0.29, 0.717) is 6.04 Å². The number of imidazole rings is 1. The summed E-state index contributed by atoms with van der Waals surface area (Å²) in [5.74, 6) is 1.01. The van der Waals surface area contributed by atoms with Crippen LogP contribution in [0.4, 0.5) is 5.82 Å². The van der Waals surface area contributed by atoms with Crippen molar-refractivity contribution >= 4 is 27.4 Å². The zero-order valence-corrected chi connectivity index (χ0v) is 12.1. The predicted molar refractivity (Wildman–Crippen MR) is 76.0 cm³/mol. The van der Waals surface area contributed by atoms with Gasteiger partial charge in [0.1, 0.15) is 4.60 Å². The van der Waals surface area contributed by atoms with Gasteiger partial charge in [-0.3, -0.25) is 0 Å². The van der Waals surface area contributed by atoms with Crippen molar-refractivity contribution in [3.8, 4) is 0 Å². The van der Waals surface area contributed by atoms with E-state index in [4.69, 9.17) is 0 Å². The lowest BCUT2D eigenvalue weighted by atomic mass is 10.0. The summed E-state index contributed by atoms with van der Waals surface area (Å²) in [5.41, 5.74) is 0.957. The first-order chi connectivity index (χ1) is 8.79. The molecular formula is C13H17BrN4. The van der Waals surface area contributed by atoms with Gasteiger partial charge >= 0.3 is 0 Å². The number of fused-ring (bicyclic) bond motifs is 1. The average Bonchev–Trinajstić information content (AvgIpc) is 2.85. The summed E-state index contributed by atoms with van der Waals surface area (Å²) in [4.78, 5) is 11.5. The number of halogens is 1. The molecule has 1 saturated heterocycles. The summed E-state index contributed by atoms with van der Waals surface area (Å²) in [6, 6.07) is 0.598. The van der Waals surface area contributed by atoms with Crippen molar-refractivity contribution in [2.24, 2.45) is 0 Å². The molecule has 1 fully saturated rings. The van der Waals surface area contributed by atoms with Crippen LogP contribution in [-0.4, -0.2) is 27.0 Å². The third kappa shape index (κ3) is 2.00. The highest BCUT2D eigenvalue weighted by Crippen LogP contribution is 2.28. The lowest BCUT2D eigenvalue weighted by Gasteiger charge is -2.36. The number of piperidine rings is 1. The Morgan fingerprint density at radius 1 is 1.44 bits per heavy atom. The lowest BCUT2D eigenvalue weighted by molar-refractivity contribution is 0.447. The standard InChI is InChI=1S/C13H17BrN4/c1-2-10-5-3-4-7-18(10)13-12-15-6-8-17(12)9-11(14)16-13/h6,8-10H,2-5,7H2,1H3. The van der Waals surface area contributed by atoms with Crippen LogP contribution in [0.5, 0.6) is 0 Å². The molecule has 0 spiro atoms. The second-order valence-electron chi connectivity index (χ2n) is 4.80. The summed E-state index contributed by atoms with van der Waals surface area (Å²) < 4.78 is 2.90. The zero-order valence-electron chi connectivity index (χ0n) is 10.5. The molecule has 1 unspecified atom stereocenters. The van der Waals surface area contributed by atoms with E-state index in [1.54, 1.807) is 0 Å². The van der Waals surface area contributed by atoms with E-state index in [9.17, 15) is 0 Å². The Bertz CT molecular complexity index is 551. The van der Waals surface area contributed by atoms with Crippen molar-refractivity contribution in [3.63, 3.8) is 0 Å². The Labute approximate surface area is 115 Å². The van der Waals surface area contributed by atoms with E-state index in [2.05, 4.69) is 37.7 Å². The SMILES string of the molecule is CCC1CCCCN1c1nc(Br)cn2ccnc12. The highest BCUT2D eigenvalue weighted by Gasteiger charge is 2.24. The fraction of sp³-hybridized carbons (Fsp3) is 0.538. The first-order valence-electron chi connectivity index (χ1n) is 6.55. The van der Waals surface area contributed by atoms with Crippen molar-refractivity contribution in [1.82, 2.24) is 14.4 Å². The Hall–Kier alpha value is -1.10. The summed E-state index contributed by atoms with van der Waals surface area (Å²) in [5, 5.41) is 0. The van der Waals surface area contributed by atoms with E-state index < -0.39 is 0 Å². The summed E-state index contributed by atoms with van der Waals surface area (Å²) in [6.07, 6.45) is 10.8. The van der Waals surface area contributed by atoms with E-state index in [1.807, 2.05) is 23.0 Å². The van der Waals surface area contributed by atoms with Gasteiger partial charge in [0.2, 0.25) is 0 Å². The van der Waals surface area contributed by atoms with Crippen LogP contribution in [-0.2, 0) is 0 Å². The predicted octanol–water partition coefficient (Wildman–Crippen LogP) is 3.26. The summed E-state index contributed by atoms with van der Waals surface area (Å²) in [7, 11) is 0. The van der Waals surface area contributed by atoms with Gasteiger partial charge in [0, 0.05) is 31.2 Å². The van der Waals surface area contributed by atoms with Crippen LogP contribution >= 0.6 is 15.9 Å². The molecule has 2 aromatic rings. The molecule has 0 bridgehead atoms. The highest BCUT2D eigenvalue weighted by atomic mass is 79.9. The molecule has 0 saturated carbocycles. The molecule has 1 aliphatic rings. The molecule has 1 atom stereocenters. The van der Waals surface area contributed by atoms with Gasteiger partial charge in [-0.1, -0.05) is 6.92 Å².